The number of ether oxygens (including phenoxy) is 2. The van der Waals surface area contributed by atoms with Crippen LogP contribution in [0.15, 0.2) is 60.9 Å². The summed E-state index contributed by atoms with van der Waals surface area (Å²) in [6.07, 6.45) is 44.6. The van der Waals surface area contributed by atoms with Crippen molar-refractivity contribution in [2.75, 3.05) is 26.4 Å². The number of hydrogen-bond acceptors (Lipinski definition) is 8. The Labute approximate surface area is 323 Å². The standard InChI is InChI=1S/C43H76NO8P/c1-3-5-7-8-9-10-11-12-13-14-15-19-22-25-28-32-37-49-39-42(40-51-53(47,48)50-38-36-44)52-43(46)35-31-27-24-21-18-16-17-20-23-26-30-34-41(45)33-29-6-4-2/h16-17,21,23-24,26,30,32,34,37,42H,3-15,18-20,22,25,27-29,31,33,35-36,38-40,44H2,1-2H3,(H,47,48)/b17-16-,24-21-,26-23-,34-30+,37-32+/t42-/m1/s1. The number of nitrogens with two attached hydrogens (primary N) is 1. The van der Waals surface area contributed by atoms with E-state index >= 15 is 0 Å². The van der Waals surface area contributed by atoms with Crippen molar-refractivity contribution in [1.82, 2.24) is 0 Å². The minimum Gasteiger partial charge on any atom is -0.498 e. The first-order valence-electron chi connectivity index (χ1n) is 20.8. The Bertz CT molecular complexity index is 1050. The van der Waals surface area contributed by atoms with Crippen molar-refractivity contribution in [2.45, 2.75) is 174 Å². The first-order valence-corrected chi connectivity index (χ1v) is 22.3. The topological polar surface area (TPSA) is 134 Å². The molecular formula is C43H76NO8P. The van der Waals surface area contributed by atoms with E-state index in [1.54, 1.807) is 18.4 Å². The van der Waals surface area contributed by atoms with Crippen LogP contribution in [-0.2, 0) is 32.7 Å². The molecule has 3 N–H and O–H groups in total. The van der Waals surface area contributed by atoms with Crippen molar-refractivity contribution >= 4 is 19.6 Å². The van der Waals surface area contributed by atoms with E-state index in [4.69, 9.17) is 24.3 Å². The molecule has 0 heterocycles. The lowest BCUT2D eigenvalue weighted by atomic mass is 10.0. The van der Waals surface area contributed by atoms with Gasteiger partial charge < -0.3 is 20.1 Å². The van der Waals surface area contributed by atoms with Gasteiger partial charge in [0.2, 0.25) is 0 Å². The highest BCUT2D eigenvalue weighted by Gasteiger charge is 2.25. The van der Waals surface area contributed by atoms with Crippen LogP contribution in [-0.4, -0.2) is 49.1 Å². The minimum atomic E-state index is -4.32. The second-order valence-electron chi connectivity index (χ2n) is 13.6. The molecule has 9 nitrogen and oxygen atoms in total. The van der Waals surface area contributed by atoms with Crippen LogP contribution in [0.3, 0.4) is 0 Å². The molecule has 10 heteroatoms. The lowest BCUT2D eigenvalue weighted by Crippen LogP contribution is -2.27. The fraction of sp³-hybridized carbons (Fsp3) is 0.721. The smallest absolute Gasteiger partial charge is 0.472 e. The summed E-state index contributed by atoms with van der Waals surface area (Å²) >= 11 is 0. The number of carbonyl (C=O) groups is 2. The van der Waals surface area contributed by atoms with Gasteiger partial charge in [0.15, 0.2) is 11.9 Å². The van der Waals surface area contributed by atoms with Crippen LogP contribution in [0.5, 0.6) is 0 Å². The molecule has 0 aromatic carbocycles. The molecule has 0 spiro atoms. The van der Waals surface area contributed by atoms with Crippen LogP contribution in [0.2, 0.25) is 0 Å². The Balaban J connectivity index is 4.26. The van der Waals surface area contributed by atoms with Crippen LogP contribution in [0, 0.1) is 0 Å². The maximum atomic E-state index is 12.5. The molecule has 0 radical (unpaired) electrons. The van der Waals surface area contributed by atoms with Gasteiger partial charge in [0, 0.05) is 19.4 Å². The number of phosphoric acid groups is 1. The number of allylic oxidation sites excluding steroid dienone is 9. The first-order chi connectivity index (χ1) is 25.8. The van der Waals surface area contributed by atoms with Crippen molar-refractivity contribution in [2.24, 2.45) is 5.73 Å². The van der Waals surface area contributed by atoms with Gasteiger partial charge in [-0.2, -0.15) is 0 Å². The van der Waals surface area contributed by atoms with Crippen LogP contribution in [0.1, 0.15) is 168 Å². The molecule has 0 aliphatic heterocycles. The average molecular weight is 766 g/mol. The zero-order valence-electron chi connectivity index (χ0n) is 33.5. The lowest BCUT2D eigenvalue weighted by molar-refractivity contribution is -0.153. The highest BCUT2D eigenvalue weighted by molar-refractivity contribution is 7.47. The molecule has 0 saturated carbocycles. The lowest BCUT2D eigenvalue weighted by Gasteiger charge is -2.19. The van der Waals surface area contributed by atoms with Crippen molar-refractivity contribution in [3.63, 3.8) is 0 Å². The Hall–Kier alpha value is -2.29. The third-order valence-electron chi connectivity index (χ3n) is 8.48. The molecule has 2 atom stereocenters. The predicted octanol–water partition coefficient (Wildman–Crippen LogP) is 11.7. The molecule has 0 saturated heterocycles. The third kappa shape index (κ3) is 39.2. The van der Waals surface area contributed by atoms with Crippen molar-refractivity contribution in [1.29, 1.82) is 0 Å². The Morgan fingerprint density at radius 3 is 1.85 bits per heavy atom. The number of hydrogen-bond donors (Lipinski definition) is 2. The molecule has 0 aromatic heterocycles. The second kappa shape index (κ2) is 39.4. The van der Waals surface area contributed by atoms with Gasteiger partial charge >= 0.3 is 13.8 Å². The minimum absolute atomic E-state index is 0.00719. The molecule has 0 fully saturated rings. The summed E-state index contributed by atoms with van der Waals surface area (Å²) in [4.78, 5) is 34.1. The number of carbonyl (C=O) groups excluding carboxylic acids is 2. The van der Waals surface area contributed by atoms with E-state index in [1.807, 2.05) is 24.3 Å². The molecule has 1 unspecified atom stereocenters. The second-order valence-corrected chi connectivity index (χ2v) is 15.1. The van der Waals surface area contributed by atoms with Gasteiger partial charge in [-0.3, -0.25) is 18.6 Å². The molecular weight excluding hydrogens is 689 g/mol. The molecule has 0 bridgehead atoms. The summed E-state index contributed by atoms with van der Waals surface area (Å²) in [6, 6.07) is 0. The monoisotopic (exact) mass is 766 g/mol. The maximum Gasteiger partial charge on any atom is 0.472 e. The van der Waals surface area contributed by atoms with Crippen LogP contribution >= 0.6 is 7.82 Å². The molecule has 0 aliphatic rings. The van der Waals surface area contributed by atoms with Gasteiger partial charge in [-0.15, -0.1) is 0 Å². The molecule has 0 aromatic rings. The van der Waals surface area contributed by atoms with E-state index < -0.39 is 19.9 Å². The quantitative estimate of drug-likeness (QED) is 0.0119. The van der Waals surface area contributed by atoms with E-state index in [0.29, 0.717) is 12.8 Å². The number of unbranched alkanes of at least 4 members (excludes halogenated alkanes) is 17. The molecule has 0 aliphatic carbocycles. The Kier molecular flexibility index (Phi) is 37.7. The van der Waals surface area contributed by atoms with Crippen LogP contribution in [0.25, 0.3) is 0 Å². The summed E-state index contributed by atoms with van der Waals surface area (Å²) in [7, 11) is -4.32. The van der Waals surface area contributed by atoms with E-state index in [1.165, 1.54) is 83.5 Å². The fourth-order valence-electron chi connectivity index (χ4n) is 5.38. The number of phosphoric ester groups is 1. The third-order valence-corrected chi connectivity index (χ3v) is 9.46. The van der Waals surface area contributed by atoms with E-state index in [-0.39, 0.29) is 38.6 Å². The zero-order valence-corrected chi connectivity index (χ0v) is 34.4. The van der Waals surface area contributed by atoms with E-state index in [0.717, 1.165) is 51.4 Å². The van der Waals surface area contributed by atoms with E-state index in [2.05, 4.69) is 32.1 Å². The Morgan fingerprint density at radius 1 is 0.642 bits per heavy atom. The van der Waals surface area contributed by atoms with Crippen molar-refractivity contribution in [3.8, 4) is 0 Å². The summed E-state index contributed by atoms with van der Waals surface area (Å²) in [6.45, 7) is 3.99. The van der Waals surface area contributed by atoms with Gasteiger partial charge in [0.05, 0.1) is 19.5 Å². The highest BCUT2D eigenvalue weighted by Crippen LogP contribution is 2.43. The fourth-order valence-corrected chi connectivity index (χ4v) is 6.15. The SMILES string of the molecule is CCCCCCCCCCCCCCCC/C=C/OC[C@H](COP(=O)(O)OCCN)OC(=O)CCC/C=C\C/C=C\C/C=C\C=C\C(=O)CCCCC. The molecule has 0 rings (SSSR count). The van der Waals surface area contributed by atoms with Gasteiger partial charge in [-0.25, -0.2) is 4.57 Å². The van der Waals surface area contributed by atoms with Crippen molar-refractivity contribution in [3.05, 3.63) is 60.9 Å². The van der Waals surface area contributed by atoms with Gasteiger partial charge in [0.1, 0.15) is 6.61 Å². The van der Waals surface area contributed by atoms with Crippen LogP contribution < -0.4 is 5.73 Å². The summed E-state index contributed by atoms with van der Waals surface area (Å²) in [5.41, 5.74) is 5.35. The van der Waals surface area contributed by atoms with Crippen molar-refractivity contribution < 1.29 is 37.6 Å². The highest BCUT2D eigenvalue weighted by atomic mass is 31.2. The number of ketones is 1. The zero-order chi connectivity index (χ0) is 38.9. The largest absolute Gasteiger partial charge is 0.498 e. The summed E-state index contributed by atoms with van der Waals surface area (Å²) in [5.74, 6) is -0.253. The molecule has 0 amide bonds. The molecule has 306 valence electrons. The van der Waals surface area contributed by atoms with Gasteiger partial charge in [-0.1, -0.05) is 153 Å². The average Bonchev–Trinajstić information content (AvgIpc) is 3.14. The first kappa shape index (κ1) is 50.7. The summed E-state index contributed by atoms with van der Waals surface area (Å²) in [5, 5.41) is 0. The predicted molar refractivity (Wildman–Crippen MR) is 219 cm³/mol. The summed E-state index contributed by atoms with van der Waals surface area (Å²) < 4.78 is 33.0. The van der Waals surface area contributed by atoms with Gasteiger partial charge in [0.25, 0.3) is 0 Å². The Morgan fingerprint density at radius 2 is 1.21 bits per heavy atom. The van der Waals surface area contributed by atoms with E-state index in [9.17, 15) is 19.0 Å². The normalized spacial score (nSPS) is 14.0. The molecule has 53 heavy (non-hydrogen) atoms. The maximum absolute atomic E-state index is 12.5. The van der Waals surface area contributed by atoms with Gasteiger partial charge in [-0.05, 0) is 57.1 Å². The number of esters is 1. The number of rotatable bonds is 39. The van der Waals surface area contributed by atoms with Crippen LogP contribution in [0.4, 0.5) is 0 Å².